The first-order chi connectivity index (χ1) is 6.27. The number of rotatable bonds is 1. The van der Waals surface area contributed by atoms with E-state index in [1.807, 2.05) is 30.8 Å². The maximum atomic E-state index is 4.28. The quantitative estimate of drug-likeness (QED) is 0.652. The molecule has 0 bridgehead atoms. The summed E-state index contributed by atoms with van der Waals surface area (Å²) in [6, 6.07) is 1.87. The van der Waals surface area contributed by atoms with Gasteiger partial charge in [-0.25, -0.2) is 15.0 Å². The lowest BCUT2D eigenvalue weighted by Gasteiger charge is -1.99. The Morgan fingerprint density at radius 2 is 2.08 bits per heavy atom. The molecule has 0 amide bonds. The SMILES string of the molecule is Cc1ccnc(-c2nccn2C)n1. The van der Waals surface area contributed by atoms with Crippen LogP contribution in [0.25, 0.3) is 11.6 Å². The lowest BCUT2D eigenvalue weighted by molar-refractivity contribution is 0.902. The zero-order valence-corrected chi connectivity index (χ0v) is 7.60. The van der Waals surface area contributed by atoms with Gasteiger partial charge in [0, 0.05) is 31.3 Å². The molecule has 0 spiro atoms. The summed E-state index contributed by atoms with van der Waals surface area (Å²) in [5.41, 5.74) is 0.952. The summed E-state index contributed by atoms with van der Waals surface area (Å²) in [5.74, 6) is 1.47. The van der Waals surface area contributed by atoms with Crippen molar-refractivity contribution in [2.45, 2.75) is 6.92 Å². The normalized spacial score (nSPS) is 10.3. The first kappa shape index (κ1) is 7.91. The second-order valence-electron chi connectivity index (χ2n) is 2.88. The molecule has 2 aromatic rings. The van der Waals surface area contributed by atoms with Gasteiger partial charge in [-0.05, 0) is 13.0 Å². The molecule has 2 aromatic heterocycles. The lowest BCUT2D eigenvalue weighted by Crippen LogP contribution is -1.97. The van der Waals surface area contributed by atoms with E-state index < -0.39 is 0 Å². The summed E-state index contributed by atoms with van der Waals surface area (Å²) in [7, 11) is 1.92. The topological polar surface area (TPSA) is 43.6 Å². The molecule has 4 heteroatoms. The van der Waals surface area contributed by atoms with Gasteiger partial charge in [-0.15, -0.1) is 0 Å². The molecule has 0 fully saturated rings. The highest BCUT2D eigenvalue weighted by atomic mass is 15.1. The fourth-order valence-corrected chi connectivity index (χ4v) is 1.14. The second-order valence-corrected chi connectivity index (χ2v) is 2.88. The van der Waals surface area contributed by atoms with E-state index in [9.17, 15) is 0 Å². The third-order valence-electron chi connectivity index (χ3n) is 1.82. The Labute approximate surface area is 76.3 Å². The summed E-state index contributed by atoms with van der Waals surface area (Å²) >= 11 is 0. The van der Waals surface area contributed by atoms with Crippen molar-refractivity contribution in [3.63, 3.8) is 0 Å². The van der Waals surface area contributed by atoms with Gasteiger partial charge in [0.2, 0.25) is 0 Å². The van der Waals surface area contributed by atoms with E-state index in [1.54, 1.807) is 12.4 Å². The highest BCUT2D eigenvalue weighted by Crippen LogP contribution is 2.09. The Morgan fingerprint density at radius 3 is 2.69 bits per heavy atom. The van der Waals surface area contributed by atoms with E-state index in [1.165, 1.54) is 0 Å². The monoisotopic (exact) mass is 174 g/mol. The van der Waals surface area contributed by atoms with E-state index in [4.69, 9.17) is 0 Å². The van der Waals surface area contributed by atoms with Crippen molar-refractivity contribution < 1.29 is 0 Å². The molecule has 0 aliphatic carbocycles. The number of hydrogen-bond acceptors (Lipinski definition) is 3. The Bertz CT molecular complexity index is 419. The summed E-state index contributed by atoms with van der Waals surface area (Å²) in [4.78, 5) is 12.6. The van der Waals surface area contributed by atoms with Crippen molar-refractivity contribution in [1.29, 1.82) is 0 Å². The van der Waals surface area contributed by atoms with Crippen LogP contribution in [0.1, 0.15) is 5.69 Å². The number of aryl methyl sites for hydroxylation is 2. The second kappa shape index (κ2) is 2.97. The van der Waals surface area contributed by atoms with Gasteiger partial charge in [-0.2, -0.15) is 0 Å². The average Bonchev–Trinajstić information content (AvgIpc) is 2.51. The summed E-state index contributed by atoms with van der Waals surface area (Å²) in [6.07, 6.45) is 5.36. The first-order valence-electron chi connectivity index (χ1n) is 4.05. The zero-order chi connectivity index (χ0) is 9.26. The van der Waals surface area contributed by atoms with E-state index in [0.29, 0.717) is 5.82 Å². The highest BCUT2D eigenvalue weighted by Gasteiger charge is 2.05. The Morgan fingerprint density at radius 1 is 1.23 bits per heavy atom. The molecule has 0 saturated heterocycles. The molecule has 66 valence electrons. The van der Waals surface area contributed by atoms with Gasteiger partial charge >= 0.3 is 0 Å². The molecule has 0 unspecified atom stereocenters. The van der Waals surface area contributed by atoms with Gasteiger partial charge in [0.1, 0.15) is 0 Å². The maximum absolute atomic E-state index is 4.28. The van der Waals surface area contributed by atoms with Crippen LogP contribution in [-0.2, 0) is 7.05 Å². The van der Waals surface area contributed by atoms with Gasteiger partial charge in [0.15, 0.2) is 11.6 Å². The third kappa shape index (κ3) is 1.42. The van der Waals surface area contributed by atoms with Gasteiger partial charge in [-0.1, -0.05) is 0 Å². The Balaban J connectivity index is 2.53. The fourth-order valence-electron chi connectivity index (χ4n) is 1.14. The van der Waals surface area contributed by atoms with Crippen molar-refractivity contribution in [2.75, 3.05) is 0 Å². The van der Waals surface area contributed by atoms with Crippen LogP contribution in [-0.4, -0.2) is 19.5 Å². The van der Waals surface area contributed by atoms with E-state index >= 15 is 0 Å². The number of nitrogens with zero attached hydrogens (tertiary/aromatic N) is 4. The van der Waals surface area contributed by atoms with Crippen molar-refractivity contribution in [3.8, 4) is 11.6 Å². The van der Waals surface area contributed by atoms with Crippen molar-refractivity contribution in [1.82, 2.24) is 19.5 Å². The van der Waals surface area contributed by atoms with Crippen molar-refractivity contribution in [2.24, 2.45) is 7.05 Å². The number of imidazole rings is 1. The molecular formula is C9H10N4. The molecule has 0 saturated carbocycles. The van der Waals surface area contributed by atoms with Gasteiger partial charge in [0.25, 0.3) is 0 Å². The molecule has 13 heavy (non-hydrogen) atoms. The van der Waals surface area contributed by atoms with Crippen LogP contribution in [0.4, 0.5) is 0 Å². The highest BCUT2D eigenvalue weighted by molar-refractivity contribution is 5.43. The largest absolute Gasteiger partial charge is 0.331 e. The molecule has 0 aromatic carbocycles. The minimum absolute atomic E-state index is 0.674. The van der Waals surface area contributed by atoms with Crippen LogP contribution in [0.3, 0.4) is 0 Å². The molecule has 0 atom stereocenters. The molecule has 4 nitrogen and oxygen atoms in total. The third-order valence-corrected chi connectivity index (χ3v) is 1.82. The van der Waals surface area contributed by atoms with Crippen LogP contribution in [0.5, 0.6) is 0 Å². The van der Waals surface area contributed by atoms with Crippen molar-refractivity contribution >= 4 is 0 Å². The lowest BCUT2D eigenvalue weighted by atomic mass is 10.4. The van der Waals surface area contributed by atoms with E-state index in [0.717, 1.165) is 11.5 Å². The summed E-state index contributed by atoms with van der Waals surface area (Å²) in [5, 5.41) is 0. The summed E-state index contributed by atoms with van der Waals surface area (Å²) in [6.45, 7) is 1.94. The van der Waals surface area contributed by atoms with Crippen LogP contribution >= 0.6 is 0 Å². The van der Waals surface area contributed by atoms with E-state index in [-0.39, 0.29) is 0 Å². The standard InChI is InChI=1S/C9H10N4/c1-7-3-4-10-8(12-7)9-11-5-6-13(9)2/h3-6H,1-2H3. The fraction of sp³-hybridized carbons (Fsp3) is 0.222. The molecule has 2 heterocycles. The number of aromatic nitrogens is 4. The summed E-state index contributed by atoms with van der Waals surface area (Å²) < 4.78 is 1.90. The van der Waals surface area contributed by atoms with Gasteiger partial charge in [0.05, 0.1) is 0 Å². The Hall–Kier alpha value is -1.71. The molecule has 0 radical (unpaired) electrons. The predicted octanol–water partition coefficient (Wildman–Crippen LogP) is 1.19. The van der Waals surface area contributed by atoms with Gasteiger partial charge in [-0.3, -0.25) is 0 Å². The van der Waals surface area contributed by atoms with Crippen LogP contribution in [0.15, 0.2) is 24.7 Å². The smallest absolute Gasteiger partial charge is 0.196 e. The van der Waals surface area contributed by atoms with Crippen molar-refractivity contribution in [3.05, 3.63) is 30.4 Å². The molecule has 0 aliphatic heterocycles. The molecule has 0 N–H and O–H groups in total. The molecule has 2 rings (SSSR count). The minimum Gasteiger partial charge on any atom is -0.331 e. The first-order valence-corrected chi connectivity index (χ1v) is 4.05. The minimum atomic E-state index is 0.674. The van der Waals surface area contributed by atoms with E-state index in [2.05, 4.69) is 15.0 Å². The molecular weight excluding hydrogens is 164 g/mol. The van der Waals surface area contributed by atoms with Crippen LogP contribution in [0.2, 0.25) is 0 Å². The number of hydrogen-bond donors (Lipinski definition) is 0. The zero-order valence-electron chi connectivity index (χ0n) is 7.60. The van der Waals surface area contributed by atoms with Crippen LogP contribution < -0.4 is 0 Å². The molecule has 0 aliphatic rings. The van der Waals surface area contributed by atoms with Gasteiger partial charge < -0.3 is 4.57 Å². The average molecular weight is 174 g/mol. The maximum Gasteiger partial charge on any atom is 0.196 e. The Kier molecular flexibility index (Phi) is 1.81. The predicted molar refractivity (Wildman–Crippen MR) is 49.0 cm³/mol. The van der Waals surface area contributed by atoms with Crippen LogP contribution in [0, 0.1) is 6.92 Å².